The van der Waals surface area contributed by atoms with E-state index in [0.29, 0.717) is 60.2 Å². The molecule has 1 amide bonds. The average Bonchev–Trinajstić information content (AvgIpc) is 3.93. The van der Waals surface area contributed by atoms with Crippen molar-refractivity contribution in [3.05, 3.63) is 24.3 Å². The van der Waals surface area contributed by atoms with Crippen LogP contribution in [0.25, 0.3) is 0 Å². The van der Waals surface area contributed by atoms with E-state index in [-0.39, 0.29) is 86.6 Å². The van der Waals surface area contributed by atoms with Crippen LogP contribution in [0.5, 0.6) is 0 Å². The number of hydrogen-bond donors (Lipinski definition) is 3. The van der Waals surface area contributed by atoms with Gasteiger partial charge in [0.15, 0.2) is 0 Å². The lowest BCUT2D eigenvalue weighted by atomic mass is 9.32. The van der Waals surface area contributed by atoms with E-state index >= 15 is 0 Å². The van der Waals surface area contributed by atoms with E-state index in [2.05, 4.69) is 102 Å². The van der Waals surface area contributed by atoms with E-state index in [4.69, 9.17) is 4.74 Å². The van der Waals surface area contributed by atoms with E-state index in [1.165, 1.54) is 62.5 Å². The first-order chi connectivity index (χ1) is 34.4. The highest BCUT2D eigenvalue weighted by Gasteiger charge is 2.74. The fourth-order valence-electron chi connectivity index (χ4n) is 24.0. The molecule has 10 rings (SSSR count). The summed E-state index contributed by atoms with van der Waals surface area (Å²) in [5, 5.41) is 24.5. The third kappa shape index (κ3) is 7.98. The molecule has 10 saturated carbocycles. The number of carbonyl (C=O) groups is 4. The van der Waals surface area contributed by atoms with Crippen molar-refractivity contribution in [3.8, 4) is 0 Å². The Kier molecular flexibility index (Phi) is 15.0. The minimum atomic E-state index is -0.554. The molecule has 75 heavy (non-hydrogen) atoms. The lowest BCUT2D eigenvalue weighted by Crippen LogP contribution is -2.68. The molecule has 0 aromatic heterocycles. The number of hydrogen-bond acceptors (Lipinski definition) is 5. The first kappa shape index (κ1) is 58.5. The molecule has 0 saturated heterocycles. The maximum absolute atomic E-state index is 12.8. The number of allylic oxidation sites excluding steroid dienone is 2. The van der Waals surface area contributed by atoms with Gasteiger partial charge < -0.3 is 20.3 Å². The van der Waals surface area contributed by atoms with Crippen molar-refractivity contribution in [1.82, 2.24) is 5.32 Å². The van der Waals surface area contributed by atoms with E-state index < -0.39 is 22.8 Å². The number of ether oxygens (including phenoxy) is 1. The second-order valence-corrected chi connectivity index (χ2v) is 30.8. The lowest BCUT2D eigenvalue weighted by molar-refractivity contribution is -0.250. The predicted octanol–water partition coefficient (Wildman–Crippen LogP) is 16.3. The summed E-state index contributed by atoms with van der Waals surface area (Å²) in [4.78, 5) is 50.3. The zero-order valence-corrected chi connectivity index (χ0v) is 49.3. The molecule has 10 aliphatic carbocycles. The molecule has 8 nitrogen and oxygen atoms in total. The zero-order chi connectivity index (χ0) is 54.4. The molecule has 8 heteroatoms. The minimum absolute atomic E-state index is 0. The molecule has 3 N–H and O–H groups in total. The molecule has 0 radical (unpaired) electrons. The van der Waals surface area contributed by atoms with E-state index in [9.17, 15) is 29.4 Å². The zero-order valence-electron chi connectivity index (χ0n) is 49.3. The van der Waals surface area contributed by atoms with Gasteiger partial charge in [-0.15, -0.1) is 0 Å². The number of amides is 1. The van der Waals surface area contributed by atoms with Gasteiger partial charge in [0.1, 0.15) is 6.10 Å². The smallest absolute Gasteiger partial charge is 0.309 e. The van der Waals surface area contributed by atoms with Gasteiger partial charge >= 0.3 is 17.9 Å². The molecule has 424 valence electrons. The van der Waals surface area contributed by atoms with Crippen LogP contribution in [0.2, 0.25) is 0 Å². The molecule has 0 spiro atoms. The van der Waals surface area contributed by atoms with Gasteiger partial charge in [-0.05, 0) is 239 Å². The molecular weight excluding hydrogens is 931 g/mol. The third-order valence-corrected chi connectivity index (χ3v) is 28.2. The summed E-state index contributed by atoms with van der Waals surface area (Å²) in [6, 6.07) is 0.259. The molecule has 20 atom stereocenters. The van der Waals surface area contributed by atoms with Gasteiger partial charge in [0, 0.05) is 24.3 Å². The van der Waals surface area contributed by atoms with Gasteiger partial charge in [0.05, 0.1) is 10.8 Å². The van der Waals surface area contributed by atoms with Gasteiger partial charge in [-0.2, -0.15) is 0 Å². The molecule has 0 aliphatic heterocycles. The molecule has 0 heterocycles. The topological polar surface area (TPSA) is 130 Å². The number of carbonyl (C=O) groups excluding carboxylic acids is 2. The standard InChI is InChI=1S/C33H53NO3.C33H52O4.CH4/c1-9-26(35)34-25-14-15-30(6)23(29(25,4)5)13-16-32(8)24(30)11-10-22-27-21(20(2)3)12-17-33(27,28(36)37)19-18-31(22,32)7;1-9-26(34)37-25-14-15-30(6)23(29(25,4)5)13-16-32(8)24(30)11-10-22-27-21(20(2)3)12-17-33(27,28(35)36)19-18-31(22,32)7;/h21-25,27H,2,9-19H2,1,3-8H3,(H,34,35)(H,36,37);21-25,27H,2,9-19H2,1,3-8H3,(H,35,36);1H4/t2*21-,22+,23?,24?,25-,27?,30-,31+,32+,33-;/m00./s1. The Balaban J connectivity index is 0.000000197. The molecule has 0 bridgehead atoms. The van der Waals surface area contributed by atoms with Gasteiger partial charge in [-0.25, -0.2) is 0 Å². The Labute approximate surface area is 456 Å². The average molecular weight is 1040 g/mol. The van der Waals surface area contributed by atoms with Crippen molar-refractivity contribution in [2.75, 3.05) is 0 Å². The van der Waals surface area contributed by atoms with Gasteiger partial charge in [0.25, 0.3) is 0 Å². The summed E-state index contributed by atoms with van der Waals surface area (Å²) < 4.78 is 6.03. The summed E-state index contributed by atoms with van der Waals surface area (Å²) >= 11 is 0. The number of carboxylic acid groups (broad SMARTS) is 2. The van der Waals surface area contributed by atoms with Crippen molar-refractivity contribution >= 4 is 23.8 Å². The lowest BCUT2D eigenvalue weighted by Gasteiger charge is -2.73. The maximum Gasteiger partial charge on any atom is 0.309 e. The number of aliphatic carboxylic acids is 2. The summed E-state index contributed by atoms with van der Waals surface area (Å²) in [7, 11) is 0. The highest BCUT2D eigenvalue weighted by atomic mass is 16.5. The quantitative estimate of drug-likeness (QED) is 0.163. The van der Waals surface area contributed by atoms with Gasteiger partial charge in [0.2, 0.25) is 5.91 Å². The van der Waals surface area contributed by atoms with Crippen molar-refractivity contribution in [3.63, 3.8) is 0 Å². The van der Waals surface area contributed by atoms with Crippen LogP contribution in [-0.4, -0.2) is 46.2 Å². The van der Waals surface area contributed by atoms with Crippen LogP contribution >= 0.6 is 0 Å². The molecule has 0 aromatic carbocycles. The second-order valence-electron chi connectivity index (χ2n) is 30.8. The second kappa shape index (κ2) is 19.3. The number of nitrogens with one attached hydrogen (secondary N) is 1. The molecule has 0 aromatic rings. The fourth-order valence-corrected chi connectivity index (χ4v) is 24.0. The Morgan fingerprint density at radius 1 is 0.493 bits per heavy atom. The third-order valence-electron chi connectivity index (χ3n) is 28.2. The first-order valence-corrected chi connectivity index (χ1v) is 30.6. The minimum Gasteiger partial charge on any atom is -0.481 e. The van der Waals surface area contributed by atoms with Crippen molar-refractivity contribution in [1.29, 1.82) is 0 Å². The summed E-state index contributed by atoms with van der Waals surface area (Å²) in [5.41, 5.74) is 2.60. The van der Waals surface area contributed by atoms with E-state index in [0.717, 1.165) is 77.0 Å². The van der Waals surface area contributed by atoms with Crippen molar-refractivity contribution in [2.24, 2.45) is 113 Å². The monoisotopic (exact) mass is 1040 g/mol. The van der Waals surface area contributed by atoms with Crippen molar-refractivity contribution < 1.29 is 34.1 Å². The molecule has 10 aliphatic rings. The maximum atomic E-state index is 12.8. The number of fused-ring (bicyclic) bond motifs is 14. The van der Waals surface area contributed by atoms with Crippen LogP contribution in [0.4, 0.5) is 0 Å². The Morgan fingerprint density at radius 3 is 1.32 bits per heavy atom. The Bertz CT molecular complexity index is 2130. The van der Waals surface area contributed by atoms with Crippen LogP contribution in [-0.2, 0) is 23.9 Å². The molecule has 10 fully saturated rings. The van der Waals surface area contributed by atoms with Gasteiger partial charge in [-0.1, -0.05) is 115 Å². The van der Waals surface area contributed by atoms with Gasteiger partial charge in [-0.3, -0.25) is 19.2 Å². The Morgan fingerprint density at radius 2 is 0.920 bits per heavy atom. The van der Waals surface area contributed by atoms with Crippen LogP contribution in [0.15, 0.2) is 24.3 Å². The van der Waals surface area contributed by atoms with Crippen molar-refractivity contribution in [2.45, 2.75) is 258 Å². The summed E-state index contributed by atoms with van der Waals surface area (Å²) in [6.45, 7) is 41.9. The Hall–Kier alpha value is -2.64. The highest BCUT2D eigenvalue weighted by Crippen LogP contribution is 2.80. The number of esters is 1. The predicted molar refractivity (Wildman–Crippen MR) is 302 cm³/mol. The van der Waals surface area contributed by atoms with Crippen LogP contribution in [0.1, 0.15) is 246 Å². The fraction of sp³-hybridized carbons (Fsp3) is 0.881. The van der Waals surface area contributed by atoms with Crippen LogP contribution in [0.3, 0.4) is 0 Å². The normalized spacial score (nSPS) is 49.5. The number of rotatable bonds is 8. The summed E-state index contributed by atoms with van der Waals surface area (Å²) in [6.07, 6.45) is 22.3. The highest BCUT2D eigenvalue weighted by molar-refractivity contribution is 5.77. The first-order valence-electron chi connectivity index (χ1n) is 30.6. The van der Waals surface area contributed by atoms with E-state index in [1.807, 2.05) is 13.8 Å². The SMILES string of the molecule is C.C=C(C)[C@@H]1CC[C@]2(C(=O)O)CC[C@]3(C)[C@H](CCC4[C@@]5(C)CC[C@H](NC(=O)CC)C(C)(C)C5CC[C@]43C)C12.C=C(C)[C@@H]1CC[C@]2(C(=O)O)CC[C@]3(C)[C@H](CCC4[C@@]5(C)CC[C@H](OC(=O)CC)C(C)(C)C5CC[C@]43C)C12. The number of carboxylic acids is 2. The molecule has 6 unspecified atom stereocenters. The summed E-state index contributed by atoms with van der Waals surface area (Å²) in [5.74, 6) is 3.54. The van der Waals surface area contributed by atoms with Crippen LogP contribution < -0.4 is 5.32 Å². The van der Waals surface area contributed by atoms with E-state index in [1.54, 1.807) is 0 Å². The largest absolute Gasteiger partial charge is 0.481 e. The molecular formula is C67H109NO7. The van der Waals surface area contributed by atoms with Crippen LogP contribution in [0, 0.1) is 113 Å².